The first kappa shape index (κ1) is 15.6. The molecule has 2 aromatic rings. The summed E-state index contributed by atoms with van der Waals surface area (Å²) in [7, 11) is 0. The number of aliphatic hydroxyl groups is 1. The second-order valence-electron chi connectivity index (χ2n) is 4.44. The molecule has 0 aliphatic carbocycles. The predicted molar refractivity (Wildman–Crippen MR) is 78.0 cm³/mol. The smallest absolute Gasteiger partial charge is 0.246 e. The average Bonchev–Trinajstić information content (AvgIpc) is 2.89. The van der Waals surface area contributed by atoms with Gasteiger partial charge in [-0.1, -0.05) is 28.1 Å². The first-order valence-corrected chi connectivity index (χ1v) is 7.12. The number of rotatable bonds is 5. The van der Waals surface area contributed by atoms with Gasteiger partial charge in [0.25, 0.3) is 0 Å². The molecule has 0 saturated heterocycles. The predicted octanol–water partition coefficient (Wildman–Crippen LogP) is 2.26. The van der Waals surface area contributed by atoms with Crippen LogP contribution in [0.25, 0.3) is 0 Å². The van der Waals surface area contributed by atoms with Gasteiger partial charge in [0.1, 0.15) is 18.1 Å². The van der Waals surface area contributed by atoms with Gasteiger partial charge in [-0.15, -0.1) is 5.10 Å². The Balaban J connectivity index is 2.00. The quantitative estimate of drug-likeness (QED) is 0.860. The van der Waals surface area contributed by atoms with Gasteiger partial charge in [-0.05, 0) is 24.6 Å². The molecule has 6 nitrogen and oxygen atoms in total. The maximum atomic E-state index is 13.6. The molecule has 112 valence electrons. The Labute approximate surface area is 129 Å². The Hall–Kier alpha value is -1.80. The van der Waals surface area contributed by atoms with Gasteiger partial charge < -0.3 is 10.4 Å². The molecule has 0 saturated carbocycles. The Morgan fingerprint density at radius 2 is 2.33 bits per heavy atom. The van der Waals surface area contributed by atoms with Crippen molar-refractivity contribution in [2.45, 2.75) is 26.0 Å². The molecule has 0 radical (unpaired) electrons. The summed E-state index contributed by atoms with van der Waals surface area (Å²) in [6.07, 6.45) is 1.30. The van der Waals surface area contributed by atoms with Crippen LogP contribution in [0.3, 0.4) is 0 Å². The Morgan fingerprint density at radius 1 is 1.57 bits per heavy atom. The number of amides is 1. The Bertz CT molecular complexity index is 647. The van der Waals surface area contributed by atoms with Crippen LogP contribution in [0.15, 0.2) is 28.9 Å². The van der Waals surface area contributed by atoms with E-state index in [0.717, 1.165) is 0 Å². The van der Waals surface area contributed by atoms with Crippen molar-refractivity contribution in [3.8, 4) is 0 Å². The van der Waals surface area contributed by atoms with E-state index in [2.05, 4.69) is 31.6 Å². The summed E-state index contributed by atoms with van der Waals surface area (Å²) in [6.45, 7) is 1.70. The maximum absolute atomic E-state index is 13.6. The second kappa shape index (κ2) is 6.77. The monoisotopic (exact) mass is 356 g/mol. The number of halogens is 2. The number of aliphatic hydroxyl groups excluding tert-OH is 1. The minimum atomic E-state index is -0.703. The molecule has 21 heavy (non-hydrogen) atoms. The molecular formula is C13H14BrFN4O2. The van der Waals surface area contributed by atoms with E-state index < -0.39 is 17.8 Å². The minimum absolute atomic E-state index is 0.0946. The molecule has 0 aliphatic heterocycles. The van der Waals surface area contributed by atoms with Gasteiger partial charge in [0, 0.05) is 4.47 Å². The van der Waals surface area contributed by atoms with Crippen LogP contribution in [0.5, 0.6) is 0 Å². The van der Waals surface area contributed by atoms with E-state index in [-0.39, 0.29) is 12.2 Å². The van der Waals surface area contributed by atoms with Crippen molar-refractivity contribution < 1.29 is 14.3 Å². The van der Waals surface area contributed by atoms with Crippen molar-refractivity contribution in [1.82, 2.24) is 15.0 Å². The van der Waals surface area contributed by atoms with Crippen molar-refractivity contribution in [2.24, 2.45) is 0 Å². The van der Waals surface area contributed by atoms with E-state index in [0.29, 0.717) is 16.6 Å². The highest BCUT2D eigenvalue weighted by Gasteiger charge is 2.12. The number of anilines is 1. The number of carbonyl (C=O) groups is 1. The molecule has 8 heteroatoms. The molecule has 0 spiro atoms. The fourth-order valence-corrected chi connectivity index (χ4v) is 2.01. The summed E-state index contributed by atoms with van der Waals surface area (Å²) in [6, 6.07) is 4.36. The van der Waals surface area contributed by atoms with E-state index in [4.69, 9.17) is 0 Å². The Kier molecular flexibility index (Phi) is 5.03. The zero-order chi connectivity index (χ0) is 15.4. The summed E-state index contributed by atoms with van der Waals surface area (Å²) in [5.41, 5.74) is 0.497. The highest BCUT2D eigenvalue weighted by Crippen LogP contribution is 2.19. The molecule has 0 aliphatic rings. The van der Waals surface area contributed by atoms with E-state index in [1.165, 1.54) is 23.0 Å². The third kappa shape index (κ3) is 4.08. The highest BCUT2D eigenvalue weighted by molar-refractivity contribution is 9.10. The van der Waals surface area contributed by atoms with E-state index in [9.17, 15) is 14.3 Å². The first-order valence-electron chi connectivity index (χ1n) is 6.32. The zero-order valence-corrected chi connectivity index (χ0v) is 12.8. The van der Waals surface area contributed by atoms with Crippen LogP contribution in [-0.2, 0) is 11.3 Å². The second-order valence-corrected chi connectivity index (χ2v) is 5.35. The summed E-state index contributed by atoms with van der Waals surface area (Å²) >= 11 is 3.14. The SMILES string of the molecule is CCC(O)c1cn(CC(=O)Nc2ccc(Br)cc2F)nn1. The summed E-state index contributed by atoms with van der Waals surface area (Å²) < 4.78 is 15.5. The standard InChI is InChI=1S/C13H14BrFN4O2/c1-2-12(20)11-6-19(18-17-11)7-13(21)16-10-4-3-8(14)5-9(10)15/h3-6,12,20H,2,7H2,1H3,(H,16,21). The number of hydrogen-bond donors (Lipinski definition) is 2. The molecule has 1 unspecified atom stereocenters. The van der Waals surface area contributed by atoms with Gasteiger partial charge in [0.05, 0.1) is 18.0 Å². The minimum Gasteiger partial charge on any atom is -0.387 e. The number of nitrogens with one attached hydrogen (secondary N) is 1. The van der Waals surface area contributed by atoms with Crippen LogP contribution in [-0.4, -0.2) is 26.0 Å². The van der Waals surface area contributed by atoms with Crippen molar-refractivity contribution in [3.63, 3.8) is 0 Å². The third-order valence-electron chi connectivity index (χ3n) is 2.80. The van der Waals surface area contributed by atoms with Gasteiger partial charge in [-0.3, -0.25) is 4.79 Å². The first-order chi connectivity index (χ1) is 9.99. The molecule has 1 atom stereocenters. The molecule has 1 aromatic heterocycles. The van der Waals surface area contributed by atoms with Crippen LogP contribution in [0.1, 0.15) is 25.1 Å². The lowest BCUT2D eigenvalue weighted by molar-refractivity contribution is -0.117. The lowest BCUT2D eigenvalue weighted by Gasteiger charge is -2.06. The number of carbonyl (C=O) groups excluding carboxylic acids is 1. The average molecular weight is 357 g/mol. The number of aromatic nitrogens is 3. The fraction of sp³-hybridized carbons (Fsp3) is 0.308. The van der Waals surface area contributed by atoms with Gasteiger partial charge >= 0.3 is 0 Å². The van der Waals surface area contributed by atoms with E-state index in [1.54, 1.807) is 6.07 Å². The summed E-state index contributed by atoms with van der Waals surface area (Å²) in [5, 5.41) is 19.6. The van der Waals surface area contributed by atoms with Crippen LogP contribution >= 0.6 is 15.9 Å². The lowest BCUT2D eigenvalue weighted by atomic mass is 10.2. The maximum Gasteiger partial charge on any atom is 0.246 e. The number of hydrogen-bond acceptors (Lipinski definition) is 4. The normalized spacial score (nSPS) is 12.2. The van der Waals surface area contributed by atoms with Gasteiger partial charge in [0.2, 0.25) is 5.91 Å². The largest absolute Gasteiger partial charge is 0.387 e. The Morgan fingerprint density at radius 3 is 3.00 bits per heavy atom. The fourth-order valence-electron chi connectivity index (χ4n) is 1.68. The van der Waals surface area contributed by atoms with Gasteiger partial charge in [0.15, 0.2) is 0 Å². The molecule has 1 heterocycles. The van der Waals surface area contributed by atoms with E-state index >= 15 is 0 Å². The number of nitrogens with zero attached hydrogens (tertiary/aromatic N) is 3. The summed E-state index contributed by atoms with van der Waals surface area (Å²) in [5.74, 6) is -0.961. The third-order valence-corrected chi connectivity index (χ3v) is 3.29. The molecule has 2 rings (SSSR count). The van der Waals surface area contributed by atoms with Crippen LogP contribution in [0.2, 0.25) is 0 Å². The number of benzene rings is 1. The van der Waals surface area contributed by atoms with Crippen LogP contribution in [0, 0.1) is 5.82 Å². The van der Waals surface area contributed by atoms with Gasteiger partial charge in [-0.25, -0.2) is 9.07 Å². The molecule has 1 amide bonds. The molecule has 0 fully saturated rings. The van der Waals surface area contributed by atoms with Crippen LogP contribution < -0.4 is 5.32 Å². The molecule has 0 bridgehead atoms. The van der Waals surface area contributed by atoms with Crippen molar-refractivity contribution in [3.05, 3.63) is 40.4 Å². The van der Waals surface area contributed by atoms with Gasteiger partial charge in [-0.2, -0.15) is 0 Å². The highest BCUT2D eigenvalue weighted by atomic mass is 79.9. The van der Waals surface area contributed by atoms with E-state index in [1.807, 2.05) is 6.92 Å². The van der Waals surface area contributed by atoms with Crippen LogP contribution in [0.4, 0.5) is 10.1 Å². The van der Waals surface area contributed by atoms with Crippen molar-refractivity contribution in [2.75, 3.05) is 5.32 Å². The molecule has 2 N–H and O–H groups in total. The van der Waals surface area contributed by atoms with Crippen molar-refractivity contribution >= 4 is 27.5 Å². The summed E-state index contributed by atoms with van der Waals surface area (Å²) in [4.78, 5) is 11.8. The molecule has 1 aromatic carbocycles. The molecular weight excluding hydrogens is 343 g/mol. The topological polar surface area (TPSA) is 80.0 Å². The zero-order valence-electron chi connectivity index (χ0n) is 11.3. The van der Waals surface area contributed by atoms with Crippen molar-refractivity contribution in [1.29, 1.82) is 0 Å². The lowest BCUT2D eigenvalue weighted by Crippen LogP contribution is -2.19.